The van der Waals surface area contributed by atoms with Crippen LogP contribution in [0.1, 0.15) is 5.69 Å². The maximum Gasteiger partial charge on any atom is 0.232 e. The van der Waals surface area contributed by atoms with E-state index < -0.39 is 10.0 Å². The fraction of sp³-hybridized carbons (Fsp3) is 0.471. The van der Waals surface area contributed by atoms with Gasteiger partial charge in [-0.3, -0.25) is 4.99 Å². The SMILES string of the molecule is CN=C(NCCOc1ncccc1Cl)N1CCN(S(=O)(=O)Cc2ccon2)CC1.I. The summed E-state index contributed by atoms with van der Waals surface area (Å²) in [4.78, 5) is 10.3. The van der Waals surface area contributed by atoms with Crippen LogP contribution in [0.3, 0.4) is 0 Å². The second-order valence-corrected chi connectivity index (χ2v) is 8.62. The van der Waals surface area contributed by atoms with Crippen molar-refractivity contribution in [3.63, 3.8) is 0 Å². The summed E-state index contributed by atoms with van der Waals surface area (Å²) in [7, 11) is -1.75. The van der Waals surface area contributed by atoms with Crippen LogP contribution in [0.4, 0.5) is 0 Å². The lowest BCUT2D eigenvalue weighted by Gasteiger charge is -2.35. The molecule has 0 aliphatic carbocycles. The standard InChI is InChI=1S/C17H23ClN6O4S.HI/c1-19-17(21-6-12-27-16-15(18)3-2-5-20-16)23-7-9-24(10-8-23)29(25,26)13-14-4-11-28-22-14;/h2-5,11H,6-10,12-13H2,1H3,(H,19,21);1H. The van der Waals surface area contributed by atoms with Gasteiger partial charge in [0.05, 0.1) is 12.2 Å². The summed E-state index contributed by atoms with van der Waals surface area (Å²) >= 11 is 6.01. The van der Waals surface area contributed by atoms with Gasteiger partial charge in [-0.2, -0.15) is 4.31 Å². The van der Waals surface area contributed by atoms with Crippen LogP contribution in [0, 0.1) is 0 Å². The van der Waals surface area contributed by atoms with E-state index in [0.29, 0.717) is 61.9 Å². The first-order valence-corrected chi connectivity index (χ1v) is 11.0. The van der Waals surface area contributed by atoms with Crippen LogP contribution in [0.2, 0.25) is 5.02 Å². The average Bonchev–Trinajstić information content (AvgIpc) is 3.22. The second-order valence-electron chi connectivity index (χ2n) is 6.25. The Morgan fingerprint density at radius 2 is 2.10 bits per heavy atom. The van der Waals surface area contributed by atoms with E-state index >= 15 is 0 Å². The van der Waals surface area contributed by atoms with Gasteiger partial charge in [-0.25, -0.2) is 13.4 Å². The number of guanidine groups is 1. The van der Waals surface area contributed by atoms with Crippen molar-refractivity contribution in [1.29, 1.82) is 0 Å². The lowest BCUT2D eigenvalue weighted by Crippen LogP contribution is -2.54. The molecule has 3 heterocycles. The van der Waals surface area contributed by atoms with E-state index in [9.17, 15) is 8.42 Å². The molecule has 3 rings (SSSR count). The molecule has 0 saturated carbocycles. The van der Waals surface area contributed by atoms with Gasteiger partial charge < -0.3 is 19.5 Å². The molecule has 0 aromatic carbocycles. The van der Waals surface area contributed by atoms with Crippen molar-refractivity contribution in [3.05, 3.63) is 41.4 Å². The summed E-state index contributed by atoms with van der Waals surface area (Å²) in [5.74, 6) is 0.912. The van der Waals surface area contributed by atoms with Gasteiger partial charge in [0.2, 0.25) is 15.9 Å². The minimum Gasteiger partial charge on any atom is -0.475 e. The van der Waals surface area contributed by atoms with Gasteiger partial charge in [0.25, 0.3) is 0 Å². The highest BCUT2D eigenvalue weighted by Crippen LogP contribution is 2.19. The average molecular weight is 571 g/mol. The first-order chi connectivity index (χ1) is 14.0. The fourth-order valence-electron chi connectivity index (χ4n) is 2.89. The Kier molecular flexibility index (Phi) is 9.58. The highest BCUT2D eigenvalue weighted by molar-refractivity contribution is 14.0. The zero-order chi connectivity index (χ0) is 20.7. The van der Waals surface area contributed by atoms with Crippen LogP contribution in [0.25, 0.3) is 0 Å². The number of aliphatic imine (C=N–C) groups is 1. The van der Waals surface area contributed by atoms with Crippen molar-refractivity contribution in [2.75, 3.05) is 46.4 Å². The van der Waals surface area contributed by atoms with Crippen LogP contribution >= 0.6 is 35.6 Å². The summed E-state index contributed by atoms with van der Waals surface area (Å²) in [6.07, 6.45) is 2.98. The van der Waals surface area contributed by atoms with Gasteiger partial charge in [-0.15, -0.1) is 24.0 Å². The van der Waals surface area contributed by atoms with Gasteiger partial charge >= 0.3 is 0 Å². The highest BCUT2D eigenvalue weighted by Gasteiger charge is 2.28. The molecular formula is C17H24ClIN6O4S. The van der Waals surface area contributed by atoms with Gasteiger partial charge in [0.1, 0.15) is 23.6 Å². The number of nitrogens with one attached hydrogen (secondary N) is 1. The van der Waals surface area contributed by atoms with Crippen LogP contribution < -0.4 is 10.1 Å². The molecule has 1 saturated heterocycles. The van der Waals surface area contributed by atoms with E-state index in [1.165, 1.54) is 10.6 Å². The molecule has 1 fully saturated rings. The number of nitrogens with zero attached hydrogens (tertiary/aromatic N) is 5. The molecule has 30 heavy (non-hydrogen) atoms. The maximum atomic E-state index is 12.5. The van der Waals surface area contributed by atoms with Crippen molar-refractivity contribution in [2.24, 2.45) is 4.99 Å². The Labute approximate surface area is 197 Å². The molecule has 1 aliphatic rings. The number of sulfonamides is 1. The Morgan fingerprint density at radius 1 is 1.33 bits per heavy atom. The van der Waals surface area contributed by atoms with E-state index in [1.807, 2.05) is 4.90 Å². The molecule has 0 spiro atoms. The Balaban J connectivity index is 0.00000320. The van der Waals surface area contributed by atoms with Crippen molar-refractivity contribution in [1.82, 2.24) is 24.7 Å². The third kappa shape index (κ3) is 6.68. The molecule has 2 aromatic heterocycles. The lowest BCUT2D eigenvalue weighted by molar-refractivity contribution is 0.256. The summed E-state index contributed by atoms with van der Waals surface area (Å²) in [6, 6.07) is 5.01. The maximum absolute atomic E-state index is 12.5. The van der Waals surface area contributed by atoms with E-state index in [0.717, 1.165) is 0 Å². The van der Waals surface area contributed by atoms with Crippen molar-refractivity contribution >= 4 is 51.6 Å². The number of piperazine rings is 1. The first-order valence-electron chi connectivity index (χ1n) is 9.05. The molecule has 0 bridgehead atoms. The number of aromatic nitrogens is 2. The van der Waals surface area contributed by atoms with Gasteiger partial charge in [0.15, 0.2) is 5.96 Å². The minimum atomic E-state index is -3.43. The minimum absolute atomic E-state index is 0. The van der Waals surface area contributed by atoms with Gasteiger partial charge in [-0.1, -0.05) is 16.8 Å². The molecule has 0 amide bonds. The van der Waals surface area contributed by atoms with E-state index in [4.69, 9.17) is 20.9 Å². The number of pyridine rings is 1. The molecule has 1 N–H and O–H groups in total. The molecule has 1 aliphatic heterocycles. The Bertz CT molecular complexity index is 920. The molecule has 10 nitrogen and oxygen atoms in total. The Morgan fingerprint density at radius 3 is 2.73 bits per heavy atom. The zero-order valence-electron chi connectivity index (χ0n) is 16.4. The zero-order valence-corrected chi connectivity index (χ0v) is 20.3. The quantitative estimate of drug-likeness (QED) is 0.230. The van der Waals surface area contributed by atoms with E-state index in [-0.39, 0.29) is 29.7 Å². The summed E-state index contributed by atoms with van der Waals surface area (Å²) in [5, 5.41) is 7.34. The molecule has 2 aromatic rings. The molecule has 166 valence electrons. The van der Waals surface area contributed by atoms with Crippen molar-refractivity contribution in [2.45, 2.75) is 5.75 Å². The number of hydrogen-bond donors (Lipinski definition) is 1. The van der Waals surface area contributed by atoms with Crippen LogP contribution in [0.5, 0.6) is 5.88 Å². The summed E-state index contributed by atoms with van der Waals surface area (Å²) < 4.78 is 36.8. The highest BCUT2D eigenvalue weighted by atomic mass is 127. The lowest BCUT2D eigenvalue weighted by atomic mass is 10.4. The predicted molar refractivity (Wildman–Crippen MR) is 124 cm³/mol. The first kappa shape index (κ1) is 24.6. The van der Waals surface area contributed by atoms with Crippen LogP contribution in [0.15, 0.2) is 40.2 Å². The van der Waals surface area contributed by atoms with Gasteiger partial charge in [0, 0.05) is 45.5 Å². The van der Waals surface area contributed by atoms with E-state index in [2.05, 4.69) is 20.4 Å². The number of halogens is 2. The Hall–Kier alpha value is -1.64. The van der Waals surface area contributed by atoms with Gasteiger partial charge in [-0.05, 0) is 12.1 Å². The monoisotopic (exact) mass is 570 g/mol. The van der Waals surface area contributed by atoms with Crippen molar-refractivity contribution in [3.8, 4) is 5.88 Å². The summed E-state index contributed by atoms with van der Waals surface area (Å²) in [6.45, 7) is 2.68. The molecule has 13 heteroatoms. The van der Waals surface area contributed by atoms with E-state index in [1.54, 1.807) is 31.4 Å². The van der Waals surface area contributed by atoms with Crippen molar-refractivity contribution < 1.29 is 17.7 Å². The number of rotatable bonds is 7. The number of ether oxygens (including phenoxy) is 1. The number of hydrogen-bond acceptors (Lipinski definition) is 7. The molecular weight excluding hydrogens is 547 g/mol. The smallest absolute Gasteiger partial charge is 0.232 e. The van der Waals surface area contributed by atoms with Crippen LogP contribution in [-0.4, -0.2) is 80.1 Å². The summed E-state index contributed by atoms with van der Waals surface area (Å²) in [5.41, 5.74) is 0.401. The molecule has 0 radical (unpaired) electrons. The third-order valence-electron chi connectivity index (χ3n) is 4.31. The molecule has 0 unspecified atom stereocenters. The third-order valence-corrected chi connectivity index (χ3v) is 6.41. The topological polar surface area (TPSA) is 113 Å². The largest absolute Gasteiger partial charge is 0.475 e. The molecule has 0 atom stereocenters. The second kappa shape index (κ2) is 11.7. The predicted octanol–water partition coefficient (Wildman–Crippen LogP) is 1.44. The fourth-order valence-corrected chi connectivity index (χ4v) is 4.49. The normalized spacial score (nSPS) is 15.5. The van der Waals surface area contributed by atoms with Crippen LogP contribution in [-0.2, 0) is 15.8 Å².